The second-order valence-electron chi connectivity index (χ2n) is 2.26. The zero-order valence-electron chi connectivity index (χ0n) is 7.31. The molecule has 4 heteroatoms. The van der Waals surface area contributed by atoms with E-state index < -0.39 is 0 Å². The van der Waals surface area contributed by atoms with E-state index in [-0.39, 0.29) is 12.0 Å². The monoisotopic (exact) mass is 160 g/mol. The molecule has 0 saturated heterocycles. The standard InChI is InChI=1S/C7H16N2O2/c1-8-5-4-6(9-2)7(10)11-3/h6,8-9H,4-5H2,1-3H3/t6-/m1/s1. The Morgan fingerprint density at radius 1 is 1.55 bits per heavy atom. The Balaban J connectivity index is 3.65. The number of likely N-dealkylation sites (N-methyl/N-ethyl adjacent to an activating group) is 1. The molecule has 0 rings (SSSR count). The van der Waals surface area contributed by atoms with E-state index >= 15 is 0 Å². The van der Waals surface area contributed by atoms with Crippen LogP contribution in [0, 0.1) is 0 Å². The Morgan fingerprint density at radius 3 is 2.55 bits per heavy atom. The Kier molecular flexibility index (Phi) is 5.78. The van der Waals surface area contributed by atoms with Crippen LogP contribution in [0.5, 0.6) is 0 Å². The lowest BCUT2D eigenvalue weighted by Crippen LogP contribution is -2.37. The summed E-state index contributed by atoms with van der Waals surface area (Å²) >= 11 is 0. The Morgan fingerprint density at radius 2 is 2.18 bits per heavy atom. The van der Waals surface area contributed by atoms with Crippen molar-refractivity contribution in [3.8, 4) is 0 Å². The van der Waals surface area contributed by atoms with Crippen LogP contribution < -0.4 is 10.6 Å². The molecule has 0 unspecified atom stereocenters. The van der Waals surface area contributed by atoms with Crippen molar-refractivity contribution in [1.82, 2.24) is 10.6 Å². The zero-order valence-corrected chi connectivity index (χ0v) is 7.31. The van der Waals surface area contributed by atoms with Gasteiger partial charge >= 0.3 is 5.97 Å². The van der Waals surface area contributed by atoms with E-state index in [1.165, 1.54) is 7.11 Å². The molecule has 0 aromatic heterocycles. The van der Waals surface area contributed by atoms with E-state index in [0.29, 0.717) is 0 Å². The molecule has 0 fully saturated rings. The lowest BCUT2D eigenvalue weighted by atomic mass is 10.2. The smallest absolute Gasteiger partial charge is 0.322 e. The summed E-state index contributed by atoms with van der Waals surface area (Å²) in [5.41, 5.74) is 0. The first-order valence-electron chi connectivity index (χ1n) is 3.66. The number of ether oxygens (including phenoxy) is 1. The normalized spacial score (nSPS) is 12.6. The van der Waals surface area contributed by atoms with Gasteiger partial charge in [0.25, 0.3) is 0 Å². The molecule has 0 aliphatic carbocycles. The van der Waals surface area contributed by atoms with Crippen molar-refractivity contribution >= 4 is 5.97 Å². The zero-order chi connectivity index (χ0) is 8.69. The number of rotatable bonds is 5. The predicted octanol–water partition coefficient (Wildman–Crippen LogP) is -0.643. The highest BCUT2D eigenvalue weighted by Crippen LogP contribution is 1.91. The van der Waals surface area contributed by atoms with Gasteiger partial charge < -0.3 is 15.4 Å². The van der Waals surface area contributed by atoms with E-state index in [9.17, 15) is 4.79 Å². The molecule has 0 saturated carbocycles. The summed E-state index contributed by atoms with van der Waals surface area (Å²) in [4.78, 5) is 10.9. The number of nitrogens with one attached hydrogen (secondary N) is 2. The summed E-state index contributed by atoms with van der Waals surface area (Å²) in [5.74, 6) is -0.206. The molecule has 0 aliphatic rings. The number of carbonyl (C=O) groups excluding carboxylic acids is 1. The molecule has 0 bridgehead atoms. The first-order valence-corrected chi connectivity index (χ1v) is 3.66. The van der Waals surface area contributed by atoms with Crippen molar-refractivity contribution < 1.29 is 9.53 Å². The summed E-state index contributed by atoms with van der Waals surface area (Å²) in [5, 5.41) is 5.84. The van der Waals surface area contributed by atoms with Gasteiger partial charge in [-0.3, -0.25) is 4.79 Å². The van der Waals surface area contributed by atoms with Gasteiger partial charge in [0.15, 0.2) is 0 Å². The minimum absolute atomic E-state index is 0.188. The van der Waals surface area contributed by atoms with Crippen molar-refractivity contribution in [3.05, 3.63) is 0 Å². The molecule has 0 aromatic rings. The molecule has 0 spiro atoms. The van der Waals surface area contributed by atoms with Crippen LogP contribution >= 0.6 is 0 Å². The SMILES string of the molecule is CNCC[C@@H](NC)C(=O)OC. The molecule has 0 radical (unpaired) electrons. The average molecular weight is 160 g/mol. The van der Waals surface area contributed by atoms with Gasteiger partial charge in [-0.2, -0.15) is 0 Å². The van der Waals surface area contributed by atoms with Crippen LogP contribution in [0.3, 0.4) is 0 Å². The Hall–Kier alpha value is -0.610. The minimum atomic E-state index is -0.206. The van der Waals surface area contributed by atoms with Gasteiger partial charge in [0.2, 0.25) is 0 Å². The number of methoxy groups -OCH3 is 1. The maximum atomic E-state index is 10.9. The number of hydrogen-bond donors (Lipinski definition) is 2. The van der Waals surface area contributed by atoms with Crippen LogP contribution in [0.4, 0.5) is 0 Å². The molecule has 0 heterocycles. The molecule has 1 atom stereocenters. The molecule has 4 nitrogen and oxygen atoms in total. The van der Waals surface area contributed by atoms with Gasteiger partial charge in [0.05, 0.1) is 7.11 Å². The lowest BCUT2D eigenvalue weighted by molar-refractivity contribution is -0.143. The molecule has 2 N–H and O–H groups in total. The third kappa shape index (κ3) is 3.95. The largest absolute Gasteiger partial charge is 0.468 e. The maximum Gasteiger partial charge on any atom is 0.322 e. The van der Waals surface area contributed by atoms with E-state index in [4.69, 9.17) is 0 Å². The number of esters is 1. The summed E-state index contributed by atoms with van der Waals surface area (Å²) in [6.07, 6.45) is 0.750. The molecule has 0 aliphatic heterocycles. The van der Waals surface area contributed by atoms with Gasteiger partial charge in [0.1, 0.15) is 6.04 Å². The summed E-state index contributed by atoms with van der Waals surface area (Å²) < 4.78 is 4.57. The highest BCUT2D eigenvalue weighted by molar-refractivity contribution is 5.75. The van der Waals surface area contributed by atoms with Gasteiger partial charge in [0, 0.05) is 0 Å². The van der Waals surface area contributed by atoms with Crippen molar-refractivity contribution in [2.75, 3.05) is 27.7 Å². The minimum Gasteiger partial charge on any atom is -0.468 e. The van der Waals surface area contributed by atoms with E-state index in [0.717, 1.165) is 13.0 Å². The second kappa shape index (κ2) is 6.12. The third-order valence-electron chi connectivity index (χ3n) is 1.52. The van der Waals surface area contributed by atoms with Gasteiger partial charge in [-0.1, -0.05) is 0 Å². The van der Waals surface area contributed by atoms with Crippen LogP contribution in [0.15, 0.2) is 0 Å². The van der Waals surface area contributed by atoms with E-state index in [1.807, 2.05) is 7.05 Å². The highest BCUT2D eigenvalue weighted by Gasteiger charge is 2.14. The van der Waals surface area contributed by atoms with Gasteiger partial charge in [-0.15, -0.1) is 0 Å². The summed E-state index contributed by atoms with van der Waals surface area (Å²) in [6, 6.07) is -0.188. The fourth-order valence-electron chi connectivity index (χ4n) is 0.811. The highest BCUT2D eigenvalue weighted by atomic mass is 16.5. The predicted molar refractivity (Wildman–Crippen MR) is 43.4 cm³/mol. The van der Waals surface area contributed by atoms with Crippen LogP contribution in [0.25, 0.3) is 0 Å². The summed E-state index contributed by atoms with van der Waals surface area (Å²) in [7, 11) is 4.99. The number of hydrogen-bond acceptors (Lipinski definition) is 4. The fourth-order valence-corrected chi connectivity index (χ4v) is 0.811. The summed E-state index contributed by atoms with van der Waals surface area (Å²) in [6.45, 7) is 0.806. The van der Waals surface area contributed by atoms with Gasteiger partial charge in [-0.05, 0) is 27.1 Å². The molecule has 0 amide bonds. The Labute approximate surface area is 67.3 Å². The molecular formula is C7H16N2O2. The lowest BCUT2D eigenvalue weighted by Gasteiger charge is -2.12. The van der Waals surface area contributed by atoms with E-state index in [2.05, 4.69) is 15.4 Å². The number of carbonyl (C=O) groups is 1. The molecular weight excluding hydrogens is 144 g/mol. The fraction of sp³-hybridized carbons (Fsp3) is 0.857. The van der Waals surface area contributed by atoms with E-state index in [1.54, 1.807) is 7.05 Å². The van der Waals surface area contributed by atoms with Gasteiger partial charge in [-0.25, -0.2) is 0 Å². The van der Waals surface area contributed by atoms with Crippen molar-refractivity contribution in [1.29, 1.82) is 0 Å². The average Bonchev–Trinajstić information content (AvgIpc) is 2.05. The maximum absolute atomic E-state index is 10.9. The van der Waals surface area contributed by atoms with Crippen LogP contribution in [-0.2, 0) is 9.53 Å². The quantitative estimate of drug-likeness (QED) is 0.525. The van der Waals surface area contributed by atoms with Crippen molar-refractivity contribution in [3.63, 3.8) is 0 Å². The second-order valence-corrected chi connectivity index (χ2v) is 2.26. The van der Waals surface area contributed by atoms with Crippen LogP contribution in [0.1, 0.15) is 6.42 Å². The first-order chi connectivity index (χ1) is 5.26. The van der Waals surface area contributed by atoms with Crippen LogP contribution in [0.2, 0.25) is 0 Å². The molecule has 11 heavy (non-hydrogen) atoms. The Bertz CT molecular complexity index is 117. The van der Waals surface area contributed by atoms with Crippen LogP contribution in [-0.4, -0.2) is 39.8 Å². The molecule has 0 aromatic carbocycles. The molecule has 66 valence electrons. The van der Waals surface area contributed by atoms with Crippen molar-refractivity contribution in [2.24, 2.45) is 0 Å². The topological polar surface area (TPSA) is 50.4 Å². The first kappa shape index (κ1) is 10.4. The van der Waals surface area contributed by atoms with Crippen molar-refractivity contribution in [2.45, 2.75) is 12.5 Å². The third-order valence-corrected chi connectivity index (χ3v) is 1.52.